The molecule has 0 spiro atoms. The fourth-order valence-corrected chi connectivity index (χ4v) is 1.92. The fourth-order valence-electron chi connectivity index (χ4n) is 1.92. The van der Waals surface area contributed by atoms with Gasteiger partial charge in [-0.05, 0) is 23.6 Å². The van der Waals surface area contributed by atoms with Crippen LogP contribution in [-0.4, -0.2) is 64.2 Å². The largest absolute Gasteiger partial charge is 0.497 e. The molecule has 27 heavy (non-hydrogen) atoms. The lowest BCUT2D eigenvalue weighted by molar-refractivity contribution is -0.127. The summed E-state index contributed by atoms with van der Waals surface area (Å²) in [5.74, 6) is 1.91. The van der Waals surface area contributed by atoms with E-state index in [0.717, 1.165) is 17.9 Å². The molecule has 0 unspecified atom stereocenters. The van der Waals surface area contributed by atoms with Gasteiger partial charge in [0.25, 0.3) is 0 Å². The lowest BCUT2D eigenvalue weighted by Gasteiger charge is -2.15. The van der Waals surface area contributed by atoms with Crippen molar-refractivity contribution in [2.45, 2.75) is 20.5 Å². The van der Waals surface area contributed by atoms with Gasteiger partial charge in [-0.15, -0.1) is 24.0 Å². The number of hydrogen-bond donors (Lipinski definition) is 2. The van der Waals surface area contributed by atoms with Crippen molar-refractivity contribution in [3.05, 3.63) is 29.8 Å². The molecule has 2 N–H and O–H groups in total. The topological polar surface area (TPSA) is 75.2 Å². The molecule has 1 aromatic rings. The van der Waals surface area contributed by atoms with E-state index in [4.69, 9.17) is 9.47 Å². The van der Waals surface area contributed by atoms with Crippen molar-refractivity contribution in [3.8, 4) is 5.75 Å². The molecule has 0 fully saturated rings. The average molecular weight is 492 g/mol. The Hall–Kier alpha value is -1.55. The van der Waals surface area contributed by atoms with E-state index in [2.05, 4.69) is 29.5 Å². The number of likely N-dealkylation sites (N-methyl/N-ethyl adjacent to an activating group) is 1. The lowest BCUT2D eigenvalue weighted by Crippen LogP contribution is -2.41. The molecule has 0 saturated carbocycles. The Morgan fingerprint density at radius 2 is 1.85 bits per heavy atom. The van der Waals surface area contributed by atoms with E-state index >= 15 is 0 Å². The maximum Gasteiger partial charge on any atom is 0.243 e. The van der Waals surface area contributed by atoms with Crippen LogP contribution in [0.3, 0.4) is 0 Å². The molecule has 7 nitrogen and oxygen atoms in total. The van der Waals surface area contributed by atoms with Crippen LogP contribution in [0, 0.1) is 5.92 Å². The van der Waals surface area contributed by atoms with Crippen molar-refractivity contribution in [2.24, 2.45) is 10.9 Å². The molecular formula is C19H33IN4O3. The molecule has 1 aromatic carbocycles. The quantitative estimate of drug-likeness (QED) is 0.227. The number of rotatable bonds is 10. The van der Waals surface area contributed by atoms with Crippen LogP contribution in [0.4, 0.5) is 0 Å². The van der Waals surface area contributed by atoms with Crippen LogP contribution in [0.5, 0.6) is 5.75 Å². The summed E-state index contributed by atoms with van der Waals surface area (Å²) in [6.45, 7) is 6.83. The second-order valence-corrected chi connectivity index (χ2v) is 6.56. The highest BCUT2D eigenvalue weighted by molar-refractivity contribution is 14.0. The number of guanidine groups is 1. The van der Waals surface area contributed by atoms with E-state index in [1.165, 1.54) is 4.90 Å². The predicted molar refractivity (Wildman–Crippen MR) is 120 cm³/mol. The summed E-state index contributed by atoms with van der Waals surface area (Å²) in [7, 11) is 5.09. The third kappa shape index (κ3) is 11.7. The van der Waals surface area contributed by atoms with Crippen molar-refractivity contribution in [3.63, 3.8) is 0 Å². The molecule has 0 aromatic heterocycles. The van der Waals surface area contributed by atoms with Gasteiger partial charge in [-0.3, -0.25) is 4.79 Å². The highest BCUT2D eigenvalue weighted by atomic mass is 127. The molecule has 8 heteroatoms. The van der Waals surface area contributed by atoms with Gasteiger partial charge in [0.2, 0.25) is 5.91 Å². The van der Waals surface area contributed by atoms with Gasteiger partial charge in [0.15, 0.2) is 5.96 Å². The number of carbonyl (C=O) groups is 1. The minimum atomic E-state index is -0.0357. The van der Waals surface area contributed by atoms with Gasteiger partial charge in [0.1, 0.15) is 12.3 Å². The molecule has 0 aliphatic carbocycles. The second kappa shape index (κ2) is 14.5. The number of carbonyl (C=O) groups excluding carboxylic acids is 1. The zero-order valence-corrected chi connectivity index (χ0v) is 19.3. The van der Waals surface area contributed by atoms with Crippen LogP contribution in [0.15, 0.2) is 29.3 Å². The Morgan fingerprint density at radius 3 is 2.41 bits per heavy atom. The van der Waals surface area contributed by atoms with Crippen LogP contribution < -0.4 is 15.4 Å². The standard InChI is InChI=1S/C19H32N4O3.HI/c1-15(2)12-21-19(22-13-18(24)23(3)4)20-10-11-26-14-16-6-8-17(25-5)9-7-16;/h6-9,15H,10-14H2,1-5H3,(H2,20,21,22);1H. The zero-order valence-electron chi connectivity index (χ0n) is 16.9. The second-order valence-electron chi connectivity index (χ2n) is 6.56. The first-order valence-corrected chi connectivity index (χ1v) is 8.85. The van der Waals surface area contributed by atoms with Gasteiger partial charge < -0.3 is 25.0 Å². The molecule has 0 saturated heterocycles. The fraction of sp³-hybridized carbons (Fsp3) is 0.579. The predicted octanol–water partition coefficient (Wildman–Crippen LogP) is 2.11. The maximum atomic E-state index is 11.7. The molecular weight excluding hydrogens is 459 g/mol. The van der Waals surface area contributed by atoms with Crippen LogP contribution in [0.2, 0.25) is 0 Å². The van der Waals surface area contributed by atoms with E-state index < -0.39 is 0 Å². The first-order valence-electron chi connectivity index (χ1n) is 8.85. The Morgan fingerprint density at radius 1 is 1.19 bits per heavy atom. The molecule has 1 amide bonds. The third-order valence-electron chi connectivity index (χ3n) is 3.52. The number of benzene rings is 1. The smallest absolute Gasteiger partial charge is 0.243 e. The summed E-state index contributed by atoms with van der Waals surface area (Å²) in [5, 5.41) is 6.43. The number of ether oxygens (including phenoxy) is 2. The van der Waals surface area contributed by atoms with Crippen molar-refractivity contribution in [1.29, 1.82) is 0 Å². The van der Waals surface area contributed by atoms with Crippen LogP contribution >= 0.6 is 24.0 Å². The molecule has 0 atom stereocenters. The van der Waals surface area contributed by atoms with Crippen molar-refractivity contribution >= 4 is 35.8 Å². The number of nitrogens with zero attached hydrogens (tertiary/aromatic N) is 2. The summed E-state index contributed by atoms with van der Waals surface area (Å²) in [5.41, 5.74) is 1.09. The van der Waals surface area contributed by atoms with E-state index in [1.54, 1.807) is 21.2 Å². The minimum Gasteiger partial charge on any atom is -0.497 e. The molecule has 0 radical (unpaired) electrons. The Kier molecular flexibility index (Phi) is 13.7. The maximum absolute atomic E-state index is 11.7. The van der Waals surface area contributed by atoms with Gasteiger partial charge >= 0.3 is 0 Å². The Labute approximate surface area is 179 Å². The number of amides is 1. The summed E-state index contributed by atoms with van der Waals surface area (Å²) < 4.78 is 10.8. The Balaban J connectivity index is 0.00000676. The van der Waals surface area contributed by atoms with Crippen molar-refractivity contribution in [2.75, 3.05) is 47.4 Å². The van der Waals surface area contributed by atoms with Crippen LogP contribution in [-0.2, 0) is 16.1 Å². The SMILES string of the molecule is COc1ccc(COCCNC(=NCC(=O)N(C)C)NCC(C)C)cc1.I. The van der Waals surface area contributed by atoms with Crippen molar-refractivity contribution < 1.29 is 14.3 Å². The number of halogens is 1. The molecule has 0 bridgehead atoms. The van der Waals surface area contributed by atoms with E-state index in [9.17, 15) is 4.79 Å². The molecule has 154 valence electrons. The molecule has 0 aliphatic heterocycles. The van der Waals surface area contributed by atoms with Crippen LogP contribution in [0.25, 0.3) is 0 Å². The lowest BCUT2D eigenvalue weighted by atomic mass is 10.2. The van der Waals surface area contributed by atoms with E-state index in [-0.39, 0.29) is 36.4 Å². The molecule has 0 heterocycles. The summed E-state index contributed by atoms with van der Waals surface area (Å²) in [6, 6.07) is 7.80. The first kappa shape index (κ1) is 25.4. The monoisotopic (exact) mass is 492 g/mol. The highest BCUT2D eigenvalue weighted by Gasteiger charge is 2.05. The minimum absolute atomic E-state index is 0. The first-order chi connectivity index (χ1) is 12.4. The van der Waals surface area contributed by atoms with E-state index in [0.29, 0.717) is 31.6 Å². The molecule has 0 aliphatic rings. The zero-order chi connectivity index (χ0) is 19.4. The summed E-state index contributed by atoms with van der Waals surface area (Å²) in [4.78, 5) is 17.5. The number of nitrogens with one attached hydrogen (secondary N) is 2. The summed E-state index contributed by atoms with van der Waals surface area (Å²) in [6.07, 6.45) is 0. The number of aliphatic imine (C=N–C) groups is 1. The summed E-state index contributed by atoms with van der Waals surface area (Å²) >= 11 is 0. The third-order valence-corrected chi connectivity index (χ3v) is 3.52. The van der Waals surface area contributed by atoms with Gasteiger partial charge in [0, 0.05) is 27.2 Å². The van der Waals surface area contributed by atoms with Gasteiger partial charge in [0.05, 0.1) is 20.3 Å². The van der Waals surface area contributed by atoms with Gasteiger partial charge in [-0.1, -0.05) is 26.0 Å². The molecule has 1 rings (SSSR count). The number of hydrogen-bond acceptors (Lipinski definition) is 4. The normalized spacial score (nSPS) is 11.0. The Bertz CT molecular complexity index is 563. The van der Waals surface area contributed by atoms with E-state index in [1.807, 2.05) is 24.3 Å². The van der Waals surface area contributed by atoms with Crippen LogP contribution in [0.1, 0.15) is 19.4 Å². The van der Waals surface area contributed by atoms with Gasteiger partial charge in [-0.25, -0.2) is 4.99 Å². The number of methoxy groups -OCH3 is 1. The average Bonchev–Trinajstić information content (AvgIpc) is 2.62. The highest BCUT2D eigenvalue weighted by Crippen LogP contribution is 2.11. The van der Waals surface area contributed by atoms with Gasteiger partial charge in [-0.2, -0.15) is 0 Å². The van der Waals surface area contributed by atoms with Crippen molar-refractivity contribution in [1.82, 2.24) is 15.5 Å².